The fraction of sp³-hybridized carbons (Fsp3) is 0.938. The quantitative estimate of drug-likeness (QED) is 0.786. The molecule has 2 heterocycles. The van der Waals surface area contributed by atoms with Crippen molar-refractivity contribution in [3.05, 3.63) is 0 Å². The van der Waals surface area contributed by atoms with E-state index in [9.17, 15) is 4.79 Å². The molecule has 0 bridgehead atoms. The Balaban J connectivity index is 1.54. The fourth-order valence-electron chi connectivity index (χ4n) is 3.94. The van der Waals surface area contributed by atoms with E-state index in [1.54, 1.807) is 0 Å². The van der Waals surface area contributed by atoms with E-state index in [1.807, 2.05) is 0 Å². The summed E-state index contributed by atoms with van der Waals surface area (Å²) in [6.07, 6.45) is 5.90. The molecule has 3 aliphatic rings. The highest BCUT2D eigenvalue weighted by Crippen LogP contribution is 2.40. The van der Waals surface area contributed by atoms with Crippen molar-refractivity contribution in [3.63, 3.8) is 0 Å². The Morgan fingerprint density at radius 2 is 2.05 bits per heavy atom. The predicted molar refractivity (Wildman–Crippen MR) is 78.5 cm³/mol. The van der Waals surface area contributed by atoms with Crippen molar-refractivity contribution in [2.75, 3.05) is 39.9 Å². The summed E-state index contributed by atoms with van der Waals surface area (Å²) in [5, 5.41) is 0. The molecule has 20 heavy (non-hydrogen) atoms. The molecule has 0 radical (unpaired) electrons. The Hall–Kier alpha value is -0.610. The van der Waals surface area contributed by atoms with Crippen LogP contribution in [0, 0.1) is 11.8 Å². The lowest BCUT2D eigenvalue weighted by molar-refractivity contribution is -0.157. The second-order valence-corrected chi connectivity index (χ2v) is 6.99. The van der Waals surface area contributed by atoms with Crippen LogP contribution in [0.2, 0.25) is 0 Å². The number of piperidine rings is 1. The largest absolute Gasteiger partial charge is 0.381 e. The van der Waals surface area contributed by atoms with Crippen molar-refractivity contribution in [2.45, 2.75) is 44.6 Å². The number of hydrogen-bond acceptors (Lipinski definition) is 3. The molecule has 0 aromatic carbocycles. The van der Waals surface area contributed by atoms with Crippen LogP contribution in [0.25, 0.3) is 0 Å². The van der Waals surface area contributed by atoms with Crippen LogP contribution in [-0.2, 0) is 9.53 Å². The molecule has 3 rings (SSSR count). The van der Waals surface area contributed by atoms with Crippen LogP contribution >= 0.6 is 0 Å². The second-order valence-electron chi connectivity index (χ2n) is 6.99. The normalized spacial score (nSPS) is 30.1. The number of carbonyl (C=O) groups excluding carboxylic acids is 1. The molecule has 4 heteroatoms. The van der Waals surface area contributed by atoms with Gasteiger partial charge < -0.3 is 9.64 Å². The second kappa shape index (κ2) is 5.64. The third-order valence-electron chi connectivity index (χ3n) is 5.65. The van der Waals surface area contributed by atoms with Gasteiger partial charge in [-0.2, -0.15) is 0 Å². The van der Waals surface area contributed by atoms with Crippen LogP contribution < -0.4 is 0 Å². The van der Waals surface area contributed by atoms with Crippen molar-refractivity contribution >= 4 is 5.91 Å². The number of likely N-dealkylation sites (tertiary alicyclic amines) is 2. The molecule has 2 saturated heterocycles. The van der Waals surface area contributed by atoms with E-state index in [0.29, 0.717) is 17.7 Å². The maximum Gasteiger partial charge on any atom is 0.225 e. The van der Waals surface area contributed by atoms with Gasteiger partial charge in [0, 0.05) is 32.2 Å². The smallest absolute Gasteiger partial charge is 0.225 e. The summed E-state index contributed by atoms with van der Waals surface area (Å²) in [5.41, 5.74) is 0.249. The number of ether oxygens (including phenoxy) is 1. The Morgan fingerprint density at radius 3 is 2.65 bits per heavy atom. The number of rotatable bonds is 4. The molecule has 1 atom stereocenters. The molecule has 0 aromatic heterocycles. The van der Waals surface area contributed by atoms with Crippen LogP contribution in [-0.4, -0.2) is 61.1 Å². The standard InChI is InChI=1S/C16H28N2O2/c1-3-20-10-13-7-8-17(2)16(9-13)11-18(12-16)15(19)14-5-4-6-14/h13-14H,3-12H2,1-2H3. The molecule has 1 unspecified atom stereocenters. The maximum absolute atomic E-state index is 12.3. The summed E-state index contributed by atoms with van der Waals surface area (Å²) in [6, 6.07) is 0. The lowest BCUT2D eigenvalue weighted by atomic mass is 9.74. The van der Waals surface area contributed by atoms with Gasteiger partial charge in [-0.1, -0.05) is 6.42 Å². The van der Waals surface area contributed by atoms with Crippen molar-refractivity contribution in [1.82, 2.24) is 9.80 Å². The van der Waals surface area contributed by atoms with Crippen LogP contribution in [0.1, 0.15) is 39.0 Å². The van der Waals surface area contributed by atoms with E-state index in [-0.39, 0.29) is 5.54 Å². The molecule has 1 aliphatic carbocycles. The molecule has 1 spiro atoms. The lowest BCUT2D eigenvalue weighted by Crippen LogP contribution is -2.73. The van der Waals surface area contributed by atoms with E-state index in [0.717, 1.165) is 45.7 Å². The van der Waals surface area contributed by atoms with Gasteiger partial charge in [0.25, 0.3) is 0 Å². The summed E-state index contributed by atoms with van der Waals surface area (Å²) in [4.78, 5) is 16.9. The third kappa shape index (κ3) is 2.48. The minimum absolute atomic E-state index is 0.249. The monoisotopic (exact) mass is 280 g/mol. The van der Waals surface area contributed by atoms with Crippen LogP contribution in [0.5, 0.6) is 0 Å². The number of hydrogen-bond donors (Lipinski definition) is 0. The van der Waals surface area contributed by atoms with Gasteiger partial charge in [0.1, 0.15) is 0 Å². The zero-order valence-corrected chi connectivity index (χ0v) is 12.9. The van der Waals surface area contributed by atoms with Crippen molar-refractivity contribution < 1.29 is 9.53 Å². The third-order valence-corrected chi connectivity index (χ3v) is 5.65. The first-order valence-corrected chi connectivity index (χ1v) is 8.22. The summed E-state index contributed by atoms with van der Waals surface area (Å²) in [6.45, 7) is 6.80. The lowest BCUT2D eigenvalue weighted by Gasteiger charge is -2.59. The first-order valence-electron chi connectivity index (χ1n) is 8.22. The molecule has 4 nitrogen and oxygen atoms in total. The summed E-state index contributed by atoms with van der Waals surface area (Å²) < 4.78 is 5.61. The van der Waals surface area contributed by atoms with E-state index < -0.39 is 0 Å². The molecule has 3 fully saturated rings. The average Bonchev–Trinajstić information content (AvgIpc) is 2.33. The molecule has 0 aromatic rings. The highest BCUT2D eigenvalue weighted by molar-refractivity contribution is 5.80. The molecular formula is C16H28N2O2. The number of nitrogens with zero attached hydrogens (tertiary/aromatic N) is 2. The Morgan fingerprint density at radius 1 is 1.30 bits per heavy atom. The number of carbonyl (C=O) groups is 1. The summed E-state index contributed by atoms with van der Waals surface area (Å²) in [5.74, 6) is 1.44. The highest BCUT2D eigenvalue weighted by Gasteiger charge is 2.51. The van der Waals surface area contributed by atoms with Gasteiger partial charge in [-0.25, -0.2) is 0 Å². The first-order chi connectivity index (χ1) is 9.64. The van der Waals surface area contributed by atoms with Gasteiger partial charge in [-0.05, 0) is 52.1 Å². The molecule has 2 aliphatic heterocycles. The molecule has 1 saturated carbocycles. The fourth-order valence-corrected chi connectivity index (χ4v) is 3.94. The van der Waals surface area contributed by atoms with Crippen LogP contribution in [0.4, 0.5) is 0 Å². The summed E-state index contributed by atoms with van der Waals surface area (Å²) >= 11 is 0. The van der Waals surface area contributed by atoms with E-state index in [4.69, 9.17) is 4.74 Å². The van der Waals surface area contributed by atoms with Gasteiger partial charge in [0.2, 0.25) is 5.91 Å². The molecule has 1 amide bonds. The van der Waals surface area contributed by atoms with E-state index in [1.165, 1.54) is 19.3 Å². The Kier molecular flexibility index (Phi) is 4.04. The number of amides is 1. The molecular weight excluding hydrogens is 252 g/mol. The minimum Gasteiger partial charge on any atom is -0.381 e. The highest BCUT2D eigenvalue weighted by atomic mass is 16.5. The van der Waals surface area contributed by atoms with E-state index >= 15 is 0 Å². The van der Waals surface area contributed by atoms with Gasteiger partial charge in [-0.3, -0.25) is 9.69 Å². The van der Waals surface area contributed by atoms with Crippen molar-refractivity contribution in [2.24, 2.45) is 11.8 Å². The molecule has 114 valence electrons. The number of likely N-dealkylation sites (N-methyl/N-ethyl adjacent to an activating group) is 1. The van der Waals surface area contributed by atoms with Crippen molar-refractivity contribution in [1.29, 1.82) is 0 Å². The van der Waals surface area contributed by atoms with Crippen LogP contribution in [0.3, 0.4) is 0 Å². The summed E-state index contributed by atoms with van der Waals surface area (Å²) in [7, 11) is 2.22. The topological polar surface area (TPSA) is 32.8 Å². The van der Waals surface area contributed by atoms with Crippen LogP contribution in [0.15, 0.2) is 0 Å². The van der Waals surface area contributed by atoms with Gasteiger partial charge in [0.05, 0.1) is 5.54 Å². The van der Waals surface area contributed by atoms with E-state index in [2.05, 4.69) is 23.8 Å². The minimum atomic E-state index is 0.249. The Bertz CT molecular complexity index is 359. The van der Waals surface area contributed by atoms with Crippen molar-refractivity contribution in [3.8, 4) is 0 Å². The van der Waals surface area contributed by atoms with Gasteiger partial charge >= 0.3 is 0 Å². The first kappa shape index (κ1) is 14.3. The molecule has 0 N–H and O–H groups in total. The SMILES string of the molecule is CCOCC1CCN(C)C2(C1)CN(C(=O)C1CCC1)C2. The zero-order valence-electron chi connectivity index (χ0n) is 12.9. The predicted octanol–water partition coefficient (Wildman–Crippen LogP) is 1.75. The average molecular weight is 280 g/mol. The van der Waals surface area contributed by atoms with Gasteiger partial charge in [0.15, 0.2) is 0 Å². The Labute approximate surface area is 122 Å². The van der Waals surface area contributed by atoms with Gasteiger partial charge in [-0.15, -0.1) is 0 Å². The maximum atomic E-state index is 12.3. The zero-order chi connectivity index (χ0) is 14.2.